The third kappa shape index (κ3) is 3.53. The lowest BCUT2D eigenvalue weighted by Gasteiger charge is -2.03. The molecule has 0 saturated carbocycles. The van der Waals surface area contributed by atoms with Gasteiger partial charge in [-0.15, -0.1) is 0 Å². The fourth-order valence-corrected chi connectivity index (χ4v) is 1.30. The van der Waals surface area contributed by atoms with Crippen LogP contribution in [0.5, 0.6) is 0 Å². The molecule has 0 aliphatic carbocycles. The van der Waals surface area contributed by atoms with E-state index in [2.05, 4.69) is 15.3 Å². The van der Waals surface area contributed by atoms with Gasteiger partial charge in [-0.05, 0) is 18.2 Å². The van der Waals surface area contributed by atoms with Gasteiger partial charge in [-0.2, -0.15) is 0 Å². The molecule has 0 radical (unpaired) electrons. The molecule has 19 heavy (non-hydrogen) atoms. The Morgan fingerprint density at radius 1 is 1.53 bits per heavy atom. The van der Waals surface area contributed by atoms with Crippen molar-refractivity contribution in [1.29, 1.82) is 0 Å². The van der Waals surface area contributed by atoms with Gasteiger partial charge in [-0.25, -0.2) is 9.98 Å². The van der Waals surface area contributed by atoms with Crippen molar-refractivity contribution < 1.29 is 9.34 Å². The third-order valence-electron chi connectivity index (χ3n) is 2.20. The van der Waals surface area contributed by atoms with Crippen LogP contribution in [0.2, 0.25) is 0 Å². The molecule has 8 heteroatoms. The summed E-state index contributed by atoms with van der Waals surface area (Å²) in [5.74, 6) is 1.21. The smallest absolute Gasteiger partial charge is 0.287 e. The number of nitrogens with one attached hydrogen (secondary N) is 1. The number of hydrogen-bond donors (Lipinski definition) is 2. The molecule has 0 bridgehead atoms. The predicted molar refractivity (Wildman–Crippen MR) is 68.5 cm³/mol. The van der Waals surface area contributed by atoms with Crippen molar-refractivity contribution in [3.63, 3.8) is 0 Å². The predicted octanol–water partition coefficient (Wildman–Crippen LogP) is 1.51. The van der Waals surface area contributed by atoms with Crippen LogP contribution in [0.4, 0.5) is 11.5 Å². The summed E-state index contributed by atoms with van der Waals surface area (Å²) in [5, 5.41) is 13.2. The largest absolute Gasteiger partial charge is 0.467 e. The first kappa shape index (κ1) is 12.6. The van der Waals surface area contributed by atoms with Gasteiger partial charge in [0.05, 0.1) is 11.2 Å². The molecule has 0 spiro atoms. The maximum Gasteiger partial charge on any atom is 0.287 e. The quantitative estimate of drug-likeness (QED) is 0.372. The maximum atomic E-state index is 10.5. The number of nitro groups is 1. The molecule has 0 atom stereocenters. The van der Waals surface area contributed by atoms with Gasteiger partial charge in [0.15, 0.2) is 5.96 Å². The molecule has 0 aliphatic rings. The number of aromatic nitrogens is 1. The summed E-state index contributed by atoms with van der Waals surface area (Å²) in [7, 11) is 0. The summed E-state index contributed by atoms with van der Waals surface area (Å²) in [6.07, 6.45) is 2.69. The average molecular weight is 261 g/mol. The Bertz CT molecular complexity index is 577. The molecule has 0 amide bonds. The van der Waals surface area contributed by atoms with E-state index in [0.717, 1.165) is 6.20 Å². The molecule has 2 aromatic rings. The number of anilines is 1. The SMILES string of the molecule is NC(=NCc1ccco1)Nc1ccc([N+](=O)[O-])cn1. The maximum absolute atomic E-state index is 10.5. The van der Waals surface area contributed by atoms with E-state index >= 15 is 0 Å². The summed E-state index contributed by atoms with van der Waals surface area (Å²) in [5.41, 5.74) is 5.56. The van der Waals surface area contributed by atoms with E-state index in [0.29, 0.717) is 18.1 Å². The van der Waals surface area contributed by atoms with Gasteiger partial charge in [-0.3, -0.25) is 10.1 Å². The van der Waals surface area contributed by atoms with Gasteiger partial charge < -0.3 is 15.5 Å². The van der Waals surface area contributed by atoms with Crippen LogP contribution >= 0.6 is 0 Å². The fraction of sp³-hybridized carbons (Fsp3) is 0.0909. The minimum absolute atomic E-state index is 0.0864. The van der Waals surface area contributed by atoms with Crippen molar-refractivity contribution >= 4 is 17.5 Å². The van der Waals surface area contributed by atoms with Crippen LogP contribution in [0, 0.1) is 10.1 Å². The highest BCUT2D eigenvalue weighted by molar-refractivity contribution is 5.91. The number of rotatable bonds is 4. The average Bonchev–Trinajstić information content (AvgIpc) is 2.90. The first-order chi connectivity index (χ1) is 9.15. The van der Waals surface area contributed by atoms with Crippen molar-refractivity contribution in [3.8, 4) is 0 Å². The molecule has 8 nitrogen and oxygen atoms in total. The van der Waals surface area contributed by atoms with Gasteiger partial charge in [0.25, 0.3) is 5.69 Å². The zero-order valence-electron chi connectivity index (χ0n) is 9.81. The fourth-order valence-electron chi connectivity index (χ4n) is 1.30. The van der Waals surface area contributed by atoms with Crippen LogP contribution in [-0.2, 0) is 6.54 Å². The zero-order chi connectivity index (χ0) is 13.7. The van der Waals surface area contributed by atoms with Crippen molar-refractivity contribution in [1.82, 2.24) is 4.98 Å². The number of furan rings is 1. The van der Waals surface area contributed by atoms with E-state index in [9.17, 15) is 10.1 Å². The number of hydrogen-bond acceptors (Lipinski definition) is 5. The molecular formula is C11H11N5O3. The lowest BCUT2D eigenvalue weighted by Crippen LogP contribution is -2.23. The summed E-state index contributed by atoms with van der Waals surface area (Å²) < 4.78 is 5.10. The van der Waals surface area contributed by atoms with E-state index in [-0.39, 0.29) is 11.6 Å². The zero-order valence-corrected chi connectivity index (χ0v) is 9.81. The molecule has 0 unspecified atom stereocenters. The first-order valence-corrected chi connectivity index (χ1v) is 5.35. The minimum atomic E-state index is -0.523. The summed E-state index contributed by atoms with van der Waals surface area (Å²) in [6.45, 7) is 0.304. The summed E-state index contributed by atoms with van der Waals surface area (Å²) >= 11 is 0. The van der Waals surface area contributed by atoms with E-state index < -0.39 is 4.92 Å². The van der Waals surface area contributed by atoms with Gasteiger partial charge in [0, 0.05) is 6.07 Å². The Hall–Kier alpha value is -2.90. The lowest BCUT2D eigenvalue weighted by molar-refractivity contribution is -0.385. The Labute approximate surface area is 108 Å². The molecule has 0 aromatic carbocycles. The Morgan fingerprint density at radius 3 is 2.95 bits per heavy atom. The van der Waals surface area contributed by atoms with E-state index in [4.69, 9.17) is 10.2 Å². The number of guanidine groups is 1. The first-order valence-electron chi connectivity index (χ1n) is 5.35. The molecule has 2 aromatic heterocycles. The lowest BCUT2D eigenvalue weighted by atomic mass is 10.4. The molecule has 0 saturated heterocycles. The topological polar surface area (TPSA) is 120 Å². The van der Waals surface area contributed by atoms with Crippen LogP contribution in [0.15, 0.2) is 46.1 Å². The normalized spacial score (nSPS) is 11.3. The highest BCUT2D eigenvalue weighted by Crippen LogP contribution is 2.11. The molecule has 0 fully saturated rings. The number of nitrogens with two attached hydrogens (primary N) is 1. The van der Waals surface area contributed by atoms with Gasteiger partial charge in [-0.1, -0.05) is 0 Å². The molecule has 2 rings (SSSR count). The summed E-state index contributed by atoms with van der Waals surface area (Å²) in [4.78, 5) is 17.8. The standard InChI is InChI=1S/C11H11N5O3/c12-11(14-7-9-2-1-5-19-9)15-10-4-3-8(6-13-10)16(17)18/h1-6H,7H2,(H3,12,13,14,15). The van der Waals surface area contributed by atoms with Crippen LogP contribution in [0.25, 0.3) is 0 Å². The van der Waals surface area contributed by atoms with Crippen molar-refractivity contribution in [2.24, 2.45) is 10.7 Å². The van der Waals surface area contributed by atoms with Crippen LogP contribution < -0.4 is 11.1 Å². The summed E-state index contributed by atoms with van der Waals surface area (Å²) in [6, 6.07) is 6.32. The van der Waals surface area contributed by atoms with Gasteiger partial charge in [0.2, 0.25) is 0 Å². The molecular weight excluding hydrogens is 250 g/mol. The van der Waals surface area contributed by atoms with Gasteiger partial charge >= 0.3 is 0 Å². The Balaban J connectivity index is 1.96. The van der Waals surface area contributed by atoms with E-state index in [1.165, 1.54) is 12.1 Å². The molecule has 98 valence electrons. The van der Waals surface area contributed by atoms with Crippen molar-refractivity contribution in [2.75, 3.05) is 5.32 Å². The third-order valence-corrected chi connectivity index (χ3v) is 2.20. The van der Waals surface area contributed by atoms with E-state index in [1.807, 2.05) is 0 Å². The number of aliphatic imine (C=N–C) groups is 1. The molecule has 0 aliphatic heterocycles. The second kappa shape index (κ2) is 5.63. The highest BCUT2D eigenvalue weighted by atomic mass is 16.6. The monoisotopic (exact) mass is 261 g/mol. The second-order valence-corrected chi connectivity index (χ2v) is 3.56. The van der Waals surface area contributed by atoms with Crippen LogP contribution in [-0.4, -0.2) is 15.9 Å². The molecule has 2 heterocycles. The van der Waals surface area contributed by atoms with Gasteiger partial charge in [0.1, 0.15) is 24.3 Å². The van der Waals surface area contributed by atoms with Crippen molar-refractivity contribution in [2.45, 2.75) is 6.54 Å². The van der Waals surface area contributed by atoms with Crippen molar-refractivity contribution in [3.05, 3.63) is 52.6 Å². The number of nitrogens with zero attached hydrogens (tertiary/aromatic N) is 3. The highest BCUT2D eigenvalue weighted by Gasteiger charge is 2.05. The molecule has 3 N–H and O–H groups in total. The minimum Gasteiger partial charge on any atom is -0.467 e. The Kier molecular flexibility index (Phi) is 3.72. The van der Waals surface area contributed by atoms with Crippen LogP contribution in [0.1, 0.15) is 5.76 Å². The number of pyridine rings is 1. The second-order valence-electron chi connectivity index (χ2n) is 3.56. The Morgan fingerprint density at radius 2 is 2.37 bits per heavy atom. The van der Waals surface area contributed by atoms with E-state index in [1.54, 1.807) is 18.4 Å². The van der Waals surface area contributed by atoms with Crippen LogP contribution in [0.3, 0.4) is 0 Å².